The summed E-state index contributed by atoms with van der Waals surface area (Å²) >= 11 is 0. The predicted molar refractivity (Wildman–Crippen MR) is 66.9 cm³/mol. The third-order valence-electron chi connectivity index (χ3n) is 2.80. The molecule has 0 radical (unpaired) electrons. The smallest absolute Gasteiger partial charge is 0.170 e. The summed E-state index contributed by atoms with van der Waals surface area (Å²) in [5.74, 6) is 2.33. The number of hydrogen-bond donors (Lipinski definition) is 1. The van der Waals surface area contributed by atoms with Crippen LogP contribution in [0.3, 0.4) is 0 Å². The summed E-state index contributed by atoms with van der Waals surface area (Å²) in [7, 11) is 1.91. The van der Waals surface area contributed by atoms with Crippen molar-refractivity contribution in [2.45, 2.75) is 27.0 Å². The number of aromatic nitrogens is 4. The van der Waals surface area contributed by atoms with Crippen LogP contribution in [0.2, 0.25) is 0 Å². The van der Waals surface area contributed by atoms with Crippen molar-refractivity contribution in [3.05, 3.63) is 35.2 Å². The molecule has 18 heavy (non-hydrogen) atoms. The van der Waals surface area contributed by atoms with Crippen LogP contribution in [0, 0.1) is 13.8 Å². The Morgan fingerprint density at radius 2 is 2.06 bits per heavy atom. The van der Waals surface area contributed by atoms with Crippen molar-refractivity contribution in [2.24, 2.45) is 12.8 Å². The molecule has 0 aliphatic rings. The van der Waals surface area contributed by atoms with Gasteiger partial charge in [0, 0.05) is 19.3 Å². The van der Waals surface area contributed by atoms with Gasteiger partial charge in [0.25, 0.3) is 0 Å². The lowest BCUT2D eigenvalue weighted by atomic mass is 10.3. The van der Waals surface area contributed by atoms with Crippen LogP contribution < -0.4 is 10.5 Å². The minimum absolute atomic E-state index is 0.356. The first-order chi connectivity index (χ1) is 8.61. The lowest BCUT2D eigenvalue weighted by Crippen LogP contribution is -2.08. The van der Waals surface area contributed by atoms with E-state index in [9.17, 15) is 0 Å². The Kier molecular flexibility index (Phi) is 3.57. The number of hydrogen-bond acceptors (Lipinski definition) is 5. The molecule has 0 aliphatic carbocycles. The molecule has 2 aromatic heterocycles. The minimum atomic E-state index is 0.356. The molecule has 6 nitrogen and oxygen atoms in total. The minimum Gasteiger partial charge on any atom is -0.484 e. The lowest BCUT2D eigenvalue weighted by Gasteiger charge is -2.10. The monoisotopic (exact) mass is 247 g/mol. The van der Waals surface area contributed by atoms with E-state index in [1.165, 1.54) is 0 Å². The van der Waals surface area contributed by atoms with E-state index in [0.29, 0.717) is 18.9 Å². The van der Waals surface area contributed by atoms with Gasteiger partial charge in [-0.15, -0.1) is 10.2 Å². The van der Waals surface area contributed by atoms with Gasteiger partial charge in [0.15, 0.2) is 5.82 Å². The Hall–Kier alpha value is -1.95. The number of aryl methyl sites for hydroxylation is 2. The summed E-state index contributed by atoms with van der Waals surface area (Å²) in [5, 5.41) is 8.02. The van der Waals surface area contributed by atoms with E-state index in [0.717, 1.165) is 23.0 Å². The summed E-state index contributed by atoms with van der Waals surface area (Å²) in [4.78, 5) is 4.34. The molecule has 2 N–H and O–H groups in total. The maximum atomic E-state index is 5.70. The molecule has 0 saturated heterocycles. The Labute approximate surface area is 106 Å². The summed E-state index contributed by atoms with van der Waals surface area (Å²) < 4.78 is 7.59. The van der Waals surface area contributed by atoms with Gasteiger partial charge in [-0.05, 0) is 26.0 Å². The molecule has 0 saturated carbocycles. The second-order valence-corrected chi connectivity index (χ2v) is 4.11. The lowest BCUT2D eigenvalue weighted by molar-refractivity contribution is 0.286. The van der Waals surface area contributed by atoms with Gasteiger partial charge in [0.2, 0.25) is 0 Å². The molecular formula is C12H17N5O. The molecule has 0 bridgehead atoms. The molecule has 0 fully saturated rings. The maximum Gasteiger partial charge on any atom is 0.170 e. The van der Waals surface area contributed by atoms with Gasteiger partial charge in [-0.3, -0.25) is 4.98 Å². The van der Waals surface area contributed by atoms with Crippen LogP contribution in [-0.4, -0.2) is 19.7 Å². The fraction of sp³-hybridized carbons (Fsp3) is 0.417. The molecule has 0 unspecified atom stereocenters. The molecule has 0 aliphatic heterocycles. The zero-order valence-corrected chi connectivity index (χ0v) is 10.8. The molecular weight excluding hydrogens is 230 g/mol. The zero-order valence-electron chi connectivity index (χ0n) is 10.8. The van der Waals surface area contributed by atoms with E-state index >= 15 is 0 Å². The average molecular weight is 247 g/mol. The van der Waals surface area contributed by atoms with Gasteiger partial charge >= 0.3 is 0 Å². The molecule has 2 heterocycles. The highest BCUT2D eigenvalue weighted by Crippen LogP contribution is 2.17. The topological polar surface area (TPSA) is 78.9 Å². The van der Waals surface area contributed by atoms with Crippen molar-refractivity contribution in [3.8, 4) is 5.75 Å². The highest BCUT2D eigenvalue weighted by atomic mass is 16.5. The van der Waals surface area contributed by atoms with Crippen molar-refractivity contribution >= 4 is 0 Å². The number of rotatable bonds is 4. The maximum absolute atomic E-state index is 5.70. The van der Waals surface area contributed by atoms with Crippen molar-refractivity contribution in [1.82, 2.24) is 19.7 Å². The summed E-state index contributed by atoms with van der Waals surface area (Å²) in [5.41, 5.74) is 7.33. The van der Waals surface area contributed by atoms with Crippen LogP contribution in [0.5, 0.6) is 5.75 Å². The van der Waals surface area contributed by atoms with E-state index in [4.69, 9.17) is 10.5 Å². The first-order valence-corrected chi connectivity index (χ1v) is 5.76. The van der Waals surface area contributed by atoms with Crippen molar-refractivity contribution in [2.75, 3.05) is 0 Å². The highest BCUT2D eigenvalue weighted by molar-refractivity contribution is 5.29. The van der Waals surface area contributed by atoms with Crippen LogP contribution in [0.4, 0.5) is 0 Å². The average Bonchev–Trinajstić information content (AvgIpc) is 2.68. The molecule has 0 atom stereocenters. The Balaban J connectivity index is 2.13. The van der Waals surface area contributed by atoms with Crippen molar-refractivity contribution in [1.29, 1.82) is 0 Å². The molecule has 2 aromatic rings. The standard InChI is InChI=1S/C12H17N5O/c1-8-4-5-11(10(6-13)14-8)18-7-12-16-15-9(2)17(12)3/h4-5H,6-7,13H2,1-3H3. The van der Waals surface area contributed by atoms with Gasteiger partial charge in [0.05, 0.1) is 5.69 Å². The second kappa shape index (κ2) is 5.14. The number of pyridine rings is 1. The Morgan fingerprint density at radius 3 is 2.67 bits per heavy atom. The van der Waals surface area contributed by atoms with Crippen molar-refractivity contribution < 1.29 is 4.74 Å². The van der Waals surface area contributed by atoms with Crippen LogP contribution >= 0.6 is 0 Å². The Bertz CT molecular complexity index is 549. The van der Waals surface area contributed by atoms with Gasteiger partial charge in [-0.1, -0.05) is 0 Å². The van der Waals surface area contributed by atoms with Crippen molar-refractivity contribution in [3.63, 3.8) is 0 Å². The number of nitrogens with two attached hydrogens (primary N) is 1. The van der Waals surface area contributed by atoms with E-state index in [-0.39, 0.29) is 0 Å². The molecule has 6 heteroatoms. The SMILES string of the molecule is Cc1ccc(OCc2nnc(C)n2C)c(CN)n1. The molecule has 96 valence electrons. The van der Waals surface area contributed by atoms with Gasteiger partial charge in [0.1, 0.15) is 18.2 Å². The first-order valence-electron chi connectivity index (χ1n) is 5.76. The summed E-state index contributed by atoms with van der Waals surface area (Å²) in [6.07, 6.45) is 0. The van der Waals surface area contributed by atoms with E-state index in [1.54, 1.807) is 0 Å². The van der Waals surface area contributed by atoms with Gasteiger partial charge in [-0.2, -0.15) is 0 Å². The molecule has 0 aromatic carbocycles. The zero-order chi connectivity index (χ0) is 13.1. The number of ether oxygens (including phenoxy) is 1. The fourth-order valence-electron chi connectivity index (χ4n) is 1.59. The first kappa shape index (κ1) is 12.5. The van der Waals surface area contributed by atoms with E-state index in [2.05, 4.69) is 15.2 Å². The summed E-state index contributed by atoms with van der Waals surface area (Å²) in [6.45, 7) is 4.54. The normalized spacial score (nSPS) is 10.7. The van der Waals surface area contributed by atoms with Crippen LogP contribution in [0.1, 0.15) is 23.0 Å². The molecule has 0 amide bonds. The highest BCUT2D eigenvalue weighted by Gasteiger charge is 2.08. The van der Waals surface area contributed by atoms with E-state index < -0.39 is 0 Å². The van der Waals surface area contributed by atoms with Gasteiger partial charge in [-0.25, -0.2) is 0 Å². The van der Waals surface area contributed by atoms with E-state index in [1.807, 2.05) is 37.6 Å². The summed E-state index contributed by atoms with van der Waals surface area (Å²) in [6, 6.07) is 3.78. The quantitative estimate of drug-likeness (QED) is 0.867. The molecule has 2 rings (SSSR count). The van der Waals surface area contributed by atoms with Gasteiger partial charge < -0.3 is 15.0 Å². The van der Waals surface area contributed by atoms with Crippen LogP contribution in [-0.2, 0) is 20.2 Å². The Morgan fingerprint density at radius 1 is 1.28 bits per heavy atom. The van der Waals surface area contributed by atoms with Crippen LogP contribution in [0.25, 0.3) is 0 Å². The third-order valence-corrected chi connectivity index (χ3v) is 2.80. The fourth-order valence-corrected chi connectivity index (χ4v) is 1.59. The largest absolute Gasteiger partial charge is 0.484 e. The number of nitrogens with zero attached hydrogens (tertiary/aromatic N) is 4. The van der Waals surface area contributed by atoms with Crippen LogP contribution in [0.15, 0.2) is 12.1 Å². The second-order valence-electron chi connectivity index (χ2n) is 4.11. The molecule has 0 spiro atoms. The third kappa shape index (κ3) is 2.48. The predicted octanol–water partition coefficient (Wildman–Crippen LogP) is 0.865.